The fourth-order valence-electron chi connectivity index (χ4n) is 2.67. The minimum Gasteiger partial charge on any atom is -0.320 e. The number of nitrogens with zero attached hydrogens (tertiary/aromatic N) is 5. The van der Waals surface area contributed by atoms with E-state index in [-0.39, 0.29) is 11.3 Å². The lowest BCUT2D eigenvalue weighted by atomic mass is 10.1. The van der Waals surface area contributed by atoms with Gasteiger partial charge in [0.05, 0.1) is 27.3 Å². The Kier molecular flexibility index (Phi) is 2.61. The van der Waals surface area contributed by atoms with Crippen LogP contribution in [-0.2, 0) is 0 Å². The molecule has 2 aromatic carbocycles. The Balaban J connectivity index is 2.17. The van der Waals surface area contributed by atoms with E-state index in [9.17, 15) is 25.0 Å². The van der Waals surface area contributed by atoms with Crippen molar-refractivity contribution in [1.29, 1.82) is 0 Å². The maximum absolute atomic E-state index is 12.5. The van der Waals surface area contributed by atoms with Gasteiger partial charge in [-0.1, -0.05) is 11.3 Å². The van der Waals surface area contributed by atoms with Crippen molar-refractivity contribution in [3.8, 4) is 5.69 Å². The van der Waals surface area contributed by atoms with Gasteiger partial charge in [-0.2, -0.15) is 0 Å². The molecule has 0 fully saturated rings. The lowest BCUT2D eigenvalue weighted by Crippen LogP contribution is -2.15. The third kappa shape index (κ3) is 1.75. The molecule has 0 bridgehead atoms. The smallest absolute Gasteiger partial charge is 0.291 e. The SMILES string of the molecule is O=C1Nc2cccc3nnn(c23)-c2cc([N+](=O)[O-])cc([N+](=O)[O-])c21. The van der Waals surface area contributed by atoms with Gasteiger partial charge in [-0.25, -0.2) is 4.68 Å². The van der Waals surface area contributed by atoms with E-state index in [0.717, 1.165) is 12.1 Å². The van der Waals surface area contributed by atoms with Crippen LogP contribution >= 0.6 is 0 Å². The standard InChI is InChI=1S/C13H6N6O5/c20-13-11-9(4-6(18(21)22)5-10(11)19(23)24)17-12-7(14-13)2-1-3-8(12)15-16-17/h1-5H,(H,14,20). The summed E-state index contributed by atoms with van der Waals surface area (Å²) < 4.78 is 1.19. The van der Waals surface area contributed by atoms with Crippen LogP contribution in [0.4, 0.5) is 17.1 Å². The normalized spacial score (nSPS) is 12.4. The first-order chi connectivity index (χ1) is 11.5. The Hall–Kier alpha value is -3.89. The van der Waals surface area contributed by atoms with Gasteiger partial charge in [-0.3, -0.25) is 25.0 Å². The number of rotatable bonds is 2. The van der Waals surface area contributed by atoms with Crippen LogP contribution in [0.15, 0.2) is 30.3 Å². The van der Waals surface area contributed by atoms with Crippen molar-refractivity contribution in [2.24, 2.45) is 0 Å². The van der Waals surface area contributed by atoms with E-state index in [4.69, 9.17) is 0 Å². The number of hydrogen-bond donors (Lipinski definition) is 1. The summed E-state index contributed by atoms with van der Waals surface area (Å²) in [5, 5.41) is 32.8. The Morgan fingerprint density at radius 2 is 1.92 bits per heavy atom. The first kappa shape index (κ1) is 13.8. The van der Waals surface area contributed by atoms with Crippen LogP contribution < -0.4 is 5.32 Å². The van der Waals surface area contributed by atoms with Crippen LogP contribution in [0.25, 0.3) is 16.7 Å². The van der Waals surface area contributed by atoms with E-state index < -0.39 is 27.1 Å². The number of non-ortho nitro benzene ring substituents is 1. The fraction of sp³-hybridized carbons (Fsp3) is 0. The molecule has 0 saturated heterocycles. The van der Waals surface area contributed by atoms with E-state index in [1.807, 2.05) is 0 Å². The highest BCUT2D eigenvalue weighted by Gasteiger charge is 2.33. The molecule has 118 valence electrons. The van der Waals surface area contributed by atoms with Crippen LogP contribution in [0.2, 0.25) is 0 Å². The summed E-state index contributed by atoms with van der Waals surface area (Å²) in [4.78, 5) is 33.3. The Morgan fingerprint density at radius 3 is 2.62 bits per heavy atom. The molecule has 0 radical (unpaired) electrons. The summed E-state index contributed by atoms with van der Waals surface area (Å²) in [7, 11) is 0. The second kappa shape index (κ2) is 4.55. The van der Waals surface area contributed by atoms with Gasteiger partial charge < -0.3 is 5.32 Å². The summed E-state index contributed by atoms with van der Waals surface area (Å²) in [6, 6.07) is 6.70. The minimum atomic E-state index is -0.838. The topological polar surface area (TPSA) is 146 Å². The van der Waals surface area contributed by atoms with Gasteiger partial charge >= 0.3 is 0 Å². The highest BCUT2D eigenvalue weighted by atomic mass is 16.6. The summed E-state index contributed by atoms with van der Waals surface area (Å²) in [6.45, 7) is 0. The number of amides is 1. The maximum atomic E-state index is 12.5. The molecule has 24 heavy (non-hydrogen) atoms. The van der Waals surface area contributed by atoms with Gasteiger partial charge in [0.25, 0.3) is 17.3 Å². The molecule has 0 saturated carbocycles. The molecule has 2 heterocycles. The lowest BCUT2D eigenvalue weighted by molar-refractivity contribution is -0.394. The molecule has 0 unspecified atom stereocenters. The van der Waals surface area contributed by atoms with E-state index in [1.54, 1.807) is 18.2 Å². The van der Waals surface area contributed by atoms with Crippen molar-refractivity contribution in [3.05, 3.63) is 56.1 Å². The molecular formula is C13H6N6O5. The van der Waals surface area contributed by atoms with Crippen molar-refractivity contribution in [2.75, 3.05) is 5.32 Å². The van der Waals surface area contributed by atoms with Crippen molar-refractivity contribution in [3.63, 3.8) is 0 Å². The van der Waals surface area contributed by atoms with Crippen molar-refractivity contribution in [2.45, 2.75) is 0 Å². The Morgan fingerprint density at radius 1 is 1.12 bits per heavy atom. The average Bonchev–Trinajstić information content (AvgIpc) is 2.93. The number of hydrogen-bond acceptors (Lipinski definition) is 7. The zero-order chi connectivity index (χ0) is 17.0. The predicted octanol–water partition coefficient (Wildman–Crippen LogP) is 1.80. The summed E-state index contributed by atoms with van der Waals surface area (Å²) >= 11 is 0. The number of para-hydroxylation sites is 1. The summed E-state index contributed by atoms with van der Waals surface area (Å²) in [5.41, 5.74) is -0.372. The number of nitro benzene ring substituents is 2. The van der Waals surface area contributed by atoms with E-state index in [0.29, 0.717) is 16.7 Å². The summed E-state index contributed by atoms with van der Waals surface area (Å²) in [6.07, 6.45) is 0. The first-order valence-electron chi connectivity index (χ1n) is 6.60. The molecule has 1 aromatic heterocycles. The lowest BCUT2D eigenvalue weighted by Gasteiger charge is -2.06. The van der Waals surface area contributed by atoms with Gasteiger partial charge in [0.15, 0.2) is 0 Å². The molecule has 0 atom stereocenters. The number of nitrogens with one attached hydrogen (secondary N) is 1. The second-order valence-corrected chi connectivity index (χ2v) is 5.00. The molecule has 11 nitrogen and oxygen atoms in total. The predicted molar refractivity (Wildman–Crippen MR) is 80.1 cm³/mol. The molecule has 0 spiro atoms. The van der Waals surface area contributed by atoms with Crippen molar-refractivity contribution >= 4 is 34.0 Å². The molecule has 0 aliphatic carbocycles. The van der Waals surface area contributed by atoms with Crippen molar-refractivity contribution < 1.29 is 14.6 Å². The highest BCUT2D eigenvalue weighted by molar-refractivity contribution is 6.14. The fourth-order valence-corrected chi connectivity index (χ4v) is 2.67. The number of carbonyl (C=O) groups is 1. The average molecular weight is 326 g/mol. The molecular weight excluding hydrogens is 320 g/mol. The largest absolute Gasteiger partial charge is 0.320 e. The summed E-state index contributed by atoms with van der Waals surface area (Å²) in [5.74, 6) is -0.746. The number of benzene rings is 2. The Labute approximate surface area is 131 Å². The van der Waals surface area contributed by atoms with Crippen LogP contribution in [-0.4, -0.2) is 30.7 Å². The molecule has 1 aliphatic rings. The second-order valence-electron chi connectivity index (χ2n) is 5.00. The molecule has 1 N–H and O–H groups in total. The number of anilines is 1. The maximum Gasteiger partial charge on any atom is 0.291 e. The third-order valence-electron chi connectivity index (χ3n) is 3.66. The van der Waals surface area contributed by atoms with Gasteiger partial charge in [0, 0.05) is 6.07 Å². The molecule has 1 amide bonds. The molecule has 3 aromatic rings. The van der Waals surface area contributed by atoms with Gasteiger partial charge in [0.1, 0.15) is 16.6 Å². The van der Waals surface area contributed by atoms with Crippen LogP contribution in [0.5, 0.6) is 0 Å². The van der Waals surface area contributed by atoms with Crippen molar-refractivity contribution in [1.82, 2.24) is 15.0 Å². The monoisotopic (exact) mass is 326 g/mol. The van der Waals surface area contributed by atoms with E-state index in [1.165, 1.54) is 4.68 Å². The van der Waals surface area contributed by atoms with E-state index >= 15 is 0 Å². The minimum absolute atomic E-state index is 0.0687. The molecule has 4 rings (SSSR count). The zero-order valence-corrected chi connectivity index (χ0v) is 11.7. The zero-order valence-electron chi connectivity index (χ0n) is 11.7. The number of fused-ring (bicyclic) bond motifs is 2. The molecule has 11 heteroatoms. The van der Waals surface area contributed by atoms with Crippen LogP contribution in [0.1, 0.15) is 10.4 Å². The number of nitro groups is 2. The quantitative estimate of drug-likeness (QED) is 0.558. The van der Waals surface area contributed by atoms with Gasteiger partial charge in [0.2, 0.25) is 0 Å². The first-order valence-corrected chi connectivity index (χ1v) is 6.60. The number of aromatic nitrogens is 3. The van der Waals surface area contributed by atoms with Crippen LogP contribution in [0, 0.1) is 20.2 Å². The van der Waals surface area contributed by atoms with E-state index in [2.05, 4.69) is 15.6 Å². The van der Waals surface area contributed by atoms with Gasteiger partial charge in [-0.15, -0.1) is 5.10 Å². The molecule has 1 aliphatic heterocycles. The Bertz CT molecular complexity index is 1070. The van der Waals surface area contributed by atoms with Gasteiger partial charge in [-0.05, 0) is 12.1 Å². The highest BCUT2D eigenvalue weighted by Crippen LogP contribution is 2.36. The number of carbonyl (C=O) groups excluding carboxylic acids is 1. The van der Waals surface area contributed by atoms with Crippen LogP contribution in [0.3, 0.4) is 0 Å². The third-order valence-corrected chi connectivity index (χ3v) is 3.66.